The molecule has 2 aromatic rings. The third kappa shape index (κ3) is 3.68. The number of hydrogen-bond acceptors (Lipinski definition) is 3. The number of halogens is 3. The standard InChI is InChI=1S/C13H8Cl3NO3S/c14-8-1-3-10(4-2-8)21(19,20)17-13-6-9(15)5-12(16)11(13)7-18/h1-7,17H. The van der Waals surface area contributed by atoms with Crippen molar-refractivity contribution in [3.8, 4) is 0 Å². The summed E-state index contributed by atoms with van der Waals surface area (Å²) in [5.41, 5.74) is 0.0241. The van der Waals surface area contributed by atoms with Crippen molar-refractivity contribution in [3.63, 3.8) is 0 Å². The van der Waals surface area contributed by atoms with Crippen LogP contribution in [0.4, 0.5) is 5.69 Å². The largest absolute Gasteiger partial charge is 0.298 e. The maximum absolute atomic E-state index is 12.2. The first-order chi connectivity index (χ1) is 9.83. The summed E-state index contributed by atoms with van der Waals surface area (Å²) in [6.45, 7) is 0. The van der Waals surface area contributed by atoms with Gasteiger partial charge in [-0.25, -0.2) is 8.42 Å². The van der Waals surface area contributed by atoms with Crippen molar-refractivity contribution in [2.24, 2.45) is 0 Å². The zero-order chi connectivity index (χ0) is 15.6. The molecule has 4 nitrogen and oxygen atoms in total. The summed E-state index contributed by atoms with van der Waals surface area (Å²) in [5.74, 6) is 0. The van der Waals surface area contributed by atoms with Gasteiger partial charge in [0, 0.05) is 10.0 Å². The number of carbonyl (C=O) groups is 1. The zero-order valence-electron chi connectivity index (χ0n) is 10.3. The van der Waals surface area contributed by atoms with Gasteiger partial charge >= 0.3 is 0 Å². The molecule has 0 unspecified atom stereocenters. The highest BCUT2D eigenvalue weighted by Crippen LogP contribution is 2.29. The fourth-order valence-corrected chi connectivity index (χ4v) is 3.34. The van der Waals surface area contributed by atoms with Crippen molar-refractivity contribution in [2.45, 2.75) is 4.90 Å². The molecule has 0 heterocycles. The minimum atomic E-state index is -3.88. The van der Waals surface area contributed by atoms with Crippen LogP contribution in [0, 0.1) is 0 Å². The summed E-state index contributed by atoms with van der Waals surface area (Å²) in [7, 11) is -3.88. The maximum Gasteiger partial charge on any atom is 0.261 e. The lowest BCUT2D eigenvalue weighted by Gasteiger charge is -2.11. The number of carbonyl (C=O) groups excluding carboxylic acids is 1. The molecule has 0 aliphatic heterocycles. The Balaban J connectivity index is 2.46. The third-order valence-electron chi connectivity index (χ3n) is 2.58. The molecule has 0 aliphatic carbocycles. The monoisotopic (exact) mass is 363 g/mol. The molecule has 0 bridgehead atoms. The minimum absolute atomic E-state index is 0.000142. The van der Waals surface area contributed by atoms with E-state index in [9.17, 15) is 13.2 Å². The number of rotatable bonds is 4. The van der Waals surface area contributed by atoms with Crippen molar-refractivity contribution in [2.75, 3.05) is 4.72 Å². The van der Waals surface area contributed by atoms with Crippen molar-refractivity contribution >= 4 is 56.8 Å². The number of benzene rings is 2. The molecule has 0 amide bonds. The van der Waals surface area contributed by atoms with E-state index >= 15 is 0 Å². The molecular formula is C13H8Cl3NO3S. The lowest BCUT2D eigenvalue weighted by atomic mass is 10.2. The normalized spacial score (nSPS) is 11.2. The van der Waals surface area contributed by atoms with Gasteiger partial charge in [0.15, 0.2) is 6.29 Å². The molecule has 2 aromatic carbocycles. The number of anilines is 1. The van der Waals surface area contributed by atoms with Gasteiger partial charge in [0.25, 0.3) is 10.0 Å². The lowest BCUT2D eigenvalue weighted by Crippen LogP contribution is -2.14. The molecule has 110 valence electrons. The van der Waals surface area contributed by atoms with Crippen LogP contribution in [0.3, 0.4) is 0 Å². The molecule has 0 aliphatic rings. The van der Waals surface area contributed by atoms with E-state index in [-0.39, 0.29) is 26.2 Å². The SMILES string of the molecule is O=Cc1c(Cl)cc(Cl)cc1NS(=O)(=O)c1ccc(Cl)cc1. The second-order valence-corrected chi connectivity index (χ2v) is 6.99. The minimum Gasteiger partial charge on any atom is -0.298 e. The Bertz CT molecular complexity index is 789. The van der Waals surface area contributed by atoms with E-state index in [1.807, 2.05) is 0 Å². The summed E-state index contributed by atoms with van der Waals surface area (Å²) in [6.07, 6.45) is 0.457. The van der Waals surface area contributed by atoms with Crippen LogP contribution < -0.4 is 4.72 Å². The van der Waals surface area contributed by atoms with Crippen molar-refractivity contribution < 1.29 is 13.2 Å². The van der Waals surface area contributed by atoms with E-state index in [2.05, 4.69) is 4.72 Å². The molecule has 0 atom stereocenters. The molecule has 8 heteroatoms. The molecule has 1 N–H and O–H groups in total. The Kier molecular flexibility index (Phi) is 4.78. The molecule has 21 heavy (non-hydrogen) atoms. The molecule has 2 rings (SSSR count). The number of sulfonamides is 1. The Hall–Kier alpha value is -1.27. The van der Waals surface area contributed by atoms with E-state index in [0.29, 0.717) is 11.3 Å². The van der Waals surface area contributed by atoms with E-state index in [1.54, 1.807) is 0 Å². The van der Waals surface area contributed by atoms with Gasteiger partial charge in [-0.15, -0.1) is 0 Å². The first kappa shape index (κ1) is 16.1. The fraction of sp³-hybridized carbons (Fsp3) is 0. The van der Waals surface area contributed by atoms with Crippen LogP contribution in [-0.4, -0.2) is 14.7 Å². The predicted molar refractivity (Wildman–Crippen MR) is 84.1 cm³/mol. The van der Waals surface area contributed by atoms with E-state index < -0.39 is 10.0 Å². The molecule has 0 saturated carbocycles. The quantitative estimate of drug-likeness (QED) is 0.824. The smallest absolute Gasteiger partial charge is 0.261 e. The van der Waals surface area contributed by atoms with E-state index in [1.165, 1.54) is 36.4 Å². The first-order valence-electron chi connectivity index (χ1n) is 5.56. The van der Waals surface area contributed by atoms with Crippen LogP contribution in [0.2, 0.25) is 15.1 Å². The molecule has 0 fully saturated rings. The molecule has 0 radical (unpaired) electrons. The van der Waals surface area contributed by atoms with Gasteiger partial charge in [-0.1, -0.05) is 34.8 Å². The van der Waals surface area contributed by atoms with Gasteiger partial charge in [-0.3, -0.25) is 9.52 Å². The van der Waals surface area contributed by atoms with Gasteiger partial charge in [-0.2, -0.15) is 0 Å². The fourth-order valence-electron chi connectivity index (χ4n) is 1.61. The van der Waals surface area contributed by atoms with Crippen LogP contribution in [0.1, 0.15) is 10.4 Å². The summed E-state index contributed by atoms with van der Waals surface area (Å²) in [5, 5.41) is 0.680. The van der Waals surface area contributed by atoms with Gasteiger partial charge < -0.3 is 0 Å². The molecule has 0 saturated heterocycles. The van der Waals surface area contributed by atoms with E-state index in [4.69, 9.17) is 34.8 Å². The second-order valence-electron chi connectivity index (χ2n) is 4.03. The highest BCUT2D eigenvalue weighted by Gasteiger charge is 2.18. The number of hydrogen-bond donors (Lipinski definition) is 1. The summed E-state index contributed by atoms with van der Waals surface area (Å²) in [6, 6.07) is 8.25. The lowest BCUT2D eigenvalue weighted by molar-refractivity contribution is 0.112. The highest BCUT2D eigenvalue weighted by atomic mass is 35.5. The summed E-state index contributed by atoms with van der Waals surface area (Å²) >= 11 is 17.4. The molecule has 0 spiro atoms. The Morgan fingerprint density at radius 1 is 0.952 bits per heavy atom. The van der Waals surface area contributed by atoms with Crippen molar-refractivity contribution in [3.05, 3.63) is 57.0 Å². The Morgan fingerprint density at radius 2 is 1.57 bits per heavy atom. The van der Waals surface area contributed by atoms with E-state index in [0.717, 1.165) is 0 Å². The first-order valence-corrected chi connectivity index (χ1v) is 8.18. The van der Waals surface area contributed by atoms with Crippen LogP contribution in [0.25, 0.3) is 0 Å². The van der Waals surface area contributed by atoms with Crippen LogP contribution >= 0.6 is 34.8 Å². The summed E-state index contributed by atoms with van der Waals surface area (Å²) in [4.78, 5) is 11.0. The van der Waals surface area contributed by atoms with Crippen LogP contribution in [0.5, 0.6) is 0 Å². The number of aldehydes is 1. The maximum atomic E-state index is 12.2. The van der Waals surface area contributed by atoms with Crippen LogP contribution in [-0.2, 0) is 10.0 Å². The van der Waals surface area contributed by atoms with Gasteiger partial charge in [0.2, 0.25) is 0 Å². The second kappa shape index (κ2) is 6.23. The zero-order valence-corrected chi connectivity index (χ0v) is 13.4. The van der Waals surface area contributed by atoms with Gasteiger partial charge in [-0.05, 0) is 36.4 Å². The summed E-state index contributed by atoms with van der Waals surface area (Å²) < 4.78 is 26.8. The average Bonchev–Trinajstić information content (AvgIpc) is 2.38. The van der Waals surface area contributed by atoms with Crippen molar-refractivity contribution in [1.29, 1.82) is 0 Å². The Labute approximate surface area is 136 Å². The Morgan fingerprint density at radius 3 is 2.14 bits per heavy atom. The van der Waals surface area contributed by atoms with Gasteiger partial charge in [0.1, 0.15) is 0 Å². The van der Waals surface area contributed by atoms with Gasteiger partial charge in [0.05, 0.1) is 21.2 Å². The molecular weight excluding hydrogens is 357 g/mol. The third-order valence-corrected chi connectivity index (χ3v) is 4.74. The average molecular weight is 365 g/mol. The highest BCUT2D eigenvalue weighted by molar-refractivity contribution is 7.92. The predicted octanol–water partition coefficient (Wildman–Crippen LogP) is 4.26. The van der Waals surface area contributed by atoms with Crippen molar-refractivity contribution in [1.82, 2.24) is 0 Å². The molecule has 0 aromatic heterocycles. The topological polar surface area (TPSA) is 63.2 Å². The van der Waals surface area contributed by atoms with Crippen LogP contribution in [0.15, 0.2) is 41.3 Å². The number of nitrogens with one attached hydrogen (secondary N) is 1.